The maximum absolute atomic E-state index is 13.5. The van der Waals surface area contributed by atoms with Gasteiger partial charge in [0, 0.05) is 12.6 Å². The first-order chi connectivity index (χ1) is 13.0. The number of amides is 1. The molecule has 138 valence electrons. The summed E-state index contributed by atoms with van der Waals surface area (Å²) >= 11 is 6.31. The lowest BCUT2D eigenvalue weighted by Gasteiger charge is -2.38. The van der Waals surface area contributed by atoms with Crippen LogP contribution in [-0.2, 0) is 11.3 Å². The van der Waals surface area contributed by atoms with Gasteiger partial charge in [0.15, 0.2) is 12.4 Å². The summed E-state index contributed by atoms with van der Waals surface area (Å²) in [4.78, 5) is 13.6. The van der Waals surface area contributed by atoms with Crippen LogP contribution in [0.1, 0.15) is 12.0 Å². The Morgan fingerprint density at radius 3 is 3.00 bits per heavy atom. The second kappa shape index (κ2) is 6.97. The van der Waals surface area contributed by atoms with E-state index in [1.54, 1.807) is 18.2 Å². The Morgan fingerprint density at radius 2 is 2.19 bits per heavy atom. The fourth-order valence-corrected chi connectivity index (χ4v) is 3.60. The molecule has 1 unspecified atom stereocenters. The van der Waals surface area contributed by atoms with Crippen LogP contribution >= 0.6 is 11.6 Å². The lowest BCUT2D eigenvalue weighted by Crippen LogP contribution is -2.42. The van der Waals surface area contributed by atoms with E-state index in [1.807, 2.05) is 4.90 Å². The molecule has 2 aliphatic heterocycles. The molecule has 0 bridgehead atoms. The molecule has 6 nitrogen and oxygen atoms in total. The summed E-state index contributed by atoms with van der Waals surface area (Å²) in [6.45, 7) is 0.623. The SMILES string of the molecule is N#CCC1COc2cc(F)ccc2N1Cc1cc(Cl)c2c(c1)NC(=O)CO2. The van der Waals surface area contributed by atoms with Crippen molar-refractivity contribution in [1.29, 1.82) is 5.26 Å². The van der Waals surface area contributed by atoms with Crippen LogP contribution in [0.3, 0.4) is 0 Å². The van der Waals surface area contributed by atoms with Gasteiger partial charge in [-0.25, -0.2) is 4.39 Å². The zero-order valence-corrected chi connectivity index (χ0v) is 14.9. The smallest absolute Gasteiger partial charge is 0.262 e. The summed E-state index contributed by atoms with van der Waals surface area (Å²) in [6.07, 6.45) is 0.259. The first-order valence-electron chi connectivity index (χ1n) is 8.36. The molecule has 0 saturated heterocycles. The van der Waals surface area contributed by atoms with Gasteiger partial charge in [-0.05, 0) is 29.8 Å². The van der Waals surface area contributed by atoms with Crippen LogP contribution in [0.2, 0.25) is 5.02 Å². The van der Waals surface area contributed by atoms with Crippen molar-refractivity contribution in [3.63, 3.8) is 0 Å². The normalized spacial score (nSPS) is 17.7. The van der Waals surface area contributed by atoms with Crippen molar-refractivity contribution in [2.45, 2.75) is 19.0 Å². The predicted molar refractivity (Wildman–Crippen MR) is 97.7 cm³/mol. The molecule has 2 aromatic carbocycles. The maximum Gasteiger partial charge on any atom is 0.262 e. The highest BCUT2D eigenvalue weighted by molar-refractivity contribution is 6.32. The molecule has 0 saturated carbocycles. The fraction of sp³-hybridized carbons (Fsp3) is 0.263. The Bertz CT molecular complexity index is 960. The number of carbonyl (C=O) groups is 1. The Kier molecular flexibility index (Phi) is 4.50. The Morgan fingerprint density at radius 1 is 1.33 bits per heavy atom. The zero-order chi connectivity index (χ0) is 19.0. The fourth-order valence-electron chi connectivity index (χ4n) is 3.30. The zero-order valence-electron chi connectivity index (χ0n) is 14.2. The van der Waals surface area contributed by atoms with E-state index in [9.17, 15) is 9.18 Å². The van der Waals surface area contributed by atoms with Crippen LogP contribution < -0.4 is 19.7 Å². The summed E-state index contributed by atoms with van der Waals surface area (Å²) in [5.74, 6) is 0.248. The van der Waals surface area contributed by atoms with E-state index in [2.05, 4.69) is 11.4 Å². The summed E-state index contributed by atoms with van der Waals surface area (Å²) in [6, 6.07) is 9.86. The molecule has 2 heterocycles. The van der Waals surface area contributed by atoms with Crippen molar-refractivity contribution in [3.8, 4) is 17.6 Å². The van der Waals surface area contributed by atoms with Gasteiger partial charge >= 0.3 is 0 Å². The van der Waals surface area contributed by atoms with Gasteiger partial charge in [-0.2, -0.15) is 5.26 Å². The van der Waals surface area contributed by atoms with E-state index in [-0.39, 0.29) is 37.4 Å². The lowest BCUT2D eigenvalue weighted by atomic mass is 10.1. The Labute approximate surface area is 160 Å². The number of halogens is 2. The first-order valence-corrected chi connectivity index (χ1v) is 8.74. The number of benzene rings is 2. The topological polar surface area (TPSA) is 74.6 Å². The second-order valence-electron chi connectivity index (χ2n) is 6.36. The van der Waals surface area contributed by atoms with Crippen LogP contribution in [-0.4, -0.2) is 25.2 Å². The van der Waals surface area contributed by atoms with Gasteiger partial charge in [0.1, 0.15) is 18.2 Å². The first kappa shape index (κ1) is 17.4. The van der Waals surface area contributed by atoms with E-state index in [4.69, 9.17) is 26.3 Å². The number of hydrogen-bond acceptors (Lipinski definition) is 5. The van der Waals surface area contributed by atoms with E-state index in [0.717, 1.165) is 5.56 Å². The second-order valence-corrected chi connectivity index (χ2v) is 6.77. The van der Waals surface area contributed by atoms with Crippen LogP contribution in [0.15, 0.2) is 30.3 Å². The van der Waals surface area contributed by atoms with Crippen molar-refractivity contribution >= 4 is 28.9 Å². The molecule has 27 heavy (non-hydrogen) atoms. The average molecular weight is 388 g/mol. The van der Waals surface area contributed by atoms with Crippen molar-refractivity contribution in [1.82, 2.24) is 0 Å². The number of anilines is 2. The lowest BCUT2D eigenvalue weighted by molar-refractivity contribution is -0.118. The van der Waals surface area contributed by atoms with Gasteiger partial charge in [0.05, 0.1) is 34.9 Å². The minimum absolute atomic E-state index is 0.0707. The standard InChI is InChI=1S/C19H15ClFN3O3/c20-14-5-11(6-15-19(14)27-10-18(25)23-15)8-24-13(3-4-22)9-26-17-7-12(21)1-2-16(17)24/h1-2,5-7,13H,3,8-10H2,(H,23,25). The molecule has 2 aromatic rings. The summed E-state index contributed by atoms with van der Waals surface area (Å²) < 4.78 is 24.6. The monoisotopic (exact) mass is 387 g/mol. The third kappa shape index (κ3) is 3.36. The van der Waals surface area contributed by atoms with Crippen LogP contribution in [0.25, 0.3) is 0 Å². The highest BCUT2D eigenvalue weighted by Crippen LogP contribution is 2.39. The number of ether oxygens (including phenoxy) is 2. The highest BCUT2D eigenvalue weighted by Gasteiger charge is 2.29. The molecule has 0 radical (unpaired) electrons. The van der Waals surface area contributed by atoms with E-state index in [0.29, 0.717) is 34.4 Å². The van der Waals surface area contributed by atoms with Gasteiger partial charge < -0.3 is 19.7 Å². The number of hydrogen-bond donors (Lipinski definition) is 1. The van der Waals surface area contributed by atoms with Gasteiger partial charge in [-0.3, -0.25) is 4.79 Å². The average Bonchev–Trinajstić information content (AvgIpc) is 2.63. The quantitative estimate of drug-likeness (QED) is 0.872. The van der Waals surface area contributed by atoms with Crippen molar-refractivity contribution < 1.29 is 18.7 Å². The highest BCUT2D eigenvalue weighted by atomic mass is 35.5. The Balaban J connectivity index is 1.70. The molecule has 4 rings (SSSR count). The van der Waals surface area contributed by atoms with Crippen molar-refractivity contribution in [2.75, 3.05) is 23.4 Å². The minimum atomic E-state index is -0.385. The van der Waals surface area contributed by atoms with E-state index in [1.165, 1.54) is 12.1 Å². The van der Waals surface area contributed by atoms with Crippen molar-refractivity contribution in [3.05, 3.63) is 46.7 Å². The summed E-state index contributed by atoms with van der Waals surface area (Å²) in [5, 5.41) is 12.3. The van der Waals surface area contributed by atoms with Gasteiger partial charge in [0.25, 0.3) is 5.91 Å². The molecule has 1 atom stereocenters. The Hall–Kier alpha value is -2.98. The number of rotatable bonds is 3. The number of carbonyl (C=O) groups excluding carboxylic acids is 1. The van der Waals surface area contributed by atoms with Crippen LogP contribution in [0, 0.1) is 17.1 Å². The van der Waals surface area contributed by atoms with Crippen LogP contribution in [0.4, 0.5) is 15.8 Å². The summed E-state index contributed by atoms with van der Waals surface area (Å²) in [7, 11) is 0. The van der Waals surface area contributed by atoms with Gasteiger partial charge in [-0.1, -0.05) is 11.6 Å². The molecule has 0 aliphatic carbocycles. The van der Waals surface area contributed by atoms with E-state index < -0.39 is 0 Å². The molecule has 1 N–H and O–H groups in total. The number of nitrogens with zero attached hydrogens (tertiary/aromatic N) is 2. The van der Waals surface area contributed by atoms with Gasteiger partial charge in [0.2, 0.25) is 0 Å². The number of nitrogens with one attached hydrogen (secondary N) is 1. The molecule has 1 amide bonds. The number of fused-ring (bicyclic) bond motifs is 2. The molecule has 0 aromatic heterocycles. The third-order valence-electron chi connectivity index (χ3n) is 4.51. The third-order valence-corrected chi connectivity index (χ3v) is 4.79. The molecule has 2 aliphatic rings. The largest absolute Gasteiger partial charge is 0.489 e. The van der Waals surface area contributed by atoms with Crippen LogP contribution in [0.5, 0.6) is 11.5 Å². The summed E-state index contributed by atoms with van der Waals surface area (Å²) in [5.41, 5.74) is 2.04. The molecule has 8 heteroatoms. The molecular formula is C19H15ClFN3O3. The molecular weight excluding hydrogens is 373 g/mol. The minimum Gasteiger partial charge on any atom is -0.489 e. The van der Waals surface area contributed by atoms with E-state index >= 15 is 0 Å². The predicted octanol–water partition coefficient (Wildman–Crippen LogP) is 3.49. The maximum atomic E-state index is 13.5. The van der Waals surface area contributed by atoms with Gasteiger partial charge in [-0.15, -0.1) is 0 Å². The molecule has 0 spiro atoms. The van der Waals surface area contributed by atoms with Crippen molar-refractivity contribution in [2.24, 2.45) is 0 Å². The number of nitriles is 1. The molecule has 0 fully saturated rings.